The summed E-state index contributed by atoms with van der Waals surface area (Å²) in [6.07, 6.45) is 5.26. The molecule has 98 valence electrons. The zero-order valence-electron chi connectivity index (χ0n) is 11.4. The first kappa shape index (κ1) is 16.3. The Bertz CT molecular complexity index is 275. The second-order valence-electron chi connectivity index (χ2n) is 5.21. The zero-order chi connectivity index (χ0) is 13.3. The molecule has 4 heteroatoms. The van der Waals surface area contributed by atoms with Gasteiger partial charge < -0.3 is 4.43 Å². The molecule has 0 radical (unpaired) electrons. The molecule has 0 amide bonds. The Balaban J connectivity index is 4.21. The quantitative estimate of drug-likeness (QED) is 0.361. The molecule has 1 unspecified atom stereocenters. The number of hydrogen-bond acceptors (Lipinski definition) is 3. The molecular weight excluding hydrogens is 232 g/mol. The van der Waals surface area contributed by atoms with E-state index in [1.807, 2.05) is 19.6 Å². The second kappa shape index (κ2) is 8.40. The summed E-state index contributed by atoms with van der Waals surface area (Å²) in [5.74, 6) is 1.68. The standard InChI is InChI=1S/C13H24O3Si/c1-5-6-7-8-9-12(15)13(10-11-14)16-17(2,3)4/h10,13H,5-9H2,1-4H3. The van der Waals surface area contributed by atoms with Gasteiger partial charge in [0, 0.05) is 12.5 Å². The first-order valence-corrected chi connectivity index (χ1v) is 9.73. The lowest BCUT2D eigenvalue weighted by atomic mass is 10.1. The van der Waals surface area contributed by atoms with Gasteiger partial charge in [0.25, 0.3) is 0 Å². The summed E-state index contributed by atoms with van der Waals surface area (Å²) < 4.78 is 5.67. The molecule has 0 bridgehead atoms. The molecule has 0 aromatic carbocycles. The fourth-order valence-corrected chi connectivity index (χ4v) is 2.46. The molecule has 0 fully saturated rings. The van der Waals surface area contributed by atoms with Crippen molar-refractivity contribution in [2.24, 2.45) is 0 Å². The van der Waals surface area contributed by atoms with Crippen molar-refractivity contribution in [3.8, 4) is 0 Å². The minimum atomic E-state index is -1.81. The third-order valence-electron chi connectivity index (χ3n) is 2.29. The van der Waals surface area contributed by atoms with Gasteiger partial charge in [0.15, 0.2) is 14.1 Å². The predicted molar refractivity (Wildman–Crippen MR) is 72.2 cm³/mol. The molecule has 3 nitrogen and oxygen atoms in total. The maximum Gasteiger partial charge on any atom is 0.185 e. The highest BCUT2D eigenvalue weighted by Gasteiger charge is 2.24. The average molecular weight is 256 g/mol. The van der Waals surface area contributed by atoms with Gasteiger partial charge in [0.1, 0.15) is 12.0 Å². The van der Waals surface area contributed by atoms with Crippen molar-refractivity contribution in [1.82, 2.24) is 0 Å². The molecule has 0 saturated carbocycles. The van der Waals surface area contributed by atoms with E-state index in [1.165, 1.54) is 6.08 Å². The number of Topliss-reactive ketones (excluding diaryl/α,β-unsaturated/α-hetero) is 1. The molecule has 17 heavy (non-hydrogen) atoms. The molecule has 0 rings (SSSR count). The Morgan fingerprint density at radius 2 is 1.94 bits per heavy atom. The number of carbonyl (C=O) groups excluding carboxylic acids is 2. The van der Waals surface area contributed by atoms with Gasteiger partial charge in [-0.3, -0.25) is 4.79 Å². The lowest BCUT2D eigenvalue weighted by Crippen LogP contribution is -2.35. The van der Waals surface area contributed by atoms with Crippen LogP contribution < -0.4 is 0 Å². The Hall–Kier alpha value is -0.703. The van der Waals surface area contributed by atoms with E-state index < -0.39 is 14.4 Å². The van der Waals surface area contributed by atoms with Crippen molar-refractivity contribution in [2.45, 2.75) is 64.8 Å². The van der Waals surface area contributed by atoms with Gasteiger partial charge >= 0.3 is 0 Å². The van der Waals surface area contributed by atoms with E-state index in [2.05, 4.69) is 6.92 Å². The van der Waals surface area contributed by atoms with Crippen molar-refractivity contribution < 1.29 is 14.0 Å². The fourth-order valence-electron chi connectivity index (χ4n) is 1.50. The molecule has 0 N–H and O–H groups in total. The molecule has 1 atom stereocenters. The summed E-state index contributed by atoms with van der Waals surface area (Å²) in [6.45, 7) is 8.14. The van der Waals surface area contributed by atoms with Gasteiger partial charge in [-0.05, 0) is 26.1 Å². The number of unbranched alkanes of at least 4 members (excludes halogenated alkanes) is 3. The van der Waals surface area contributed by atoms with Crippen LogP contribution in [0.2, 0.25) is 19.6 Å². The van der Waals surface area contributed by atoms with Crippen LogP contribution in [0.3, 0.4) is 0 Å². The Morgan fingerprint density at radius 1 is 1.29 bits per heavy atom. The van der Waals surface area contributed by atoms with Crippen molar-refractivity contribution in [2.75, 3.05) is 0 Å². The third-order valence-corrected chi connectivity index (χ3v) is 3.26. The maximum atomic E-state index is 11.9. The minimum absolute atomic E-state index is 0.00637. The molecule has 0 saturated heterocycles. The van der Waals surface area contributed by atoms with Crippen LogP contribution in [0.25, 0.3) is 0 Å². The molecule has 0 aliphatic carbocycles. The number of rotatable bonds is 9. The van der Waals surface area contributed by atoms with Gasteiger partial charge in [0.05, 0.1) is 0 Å². The van der Waals surface area contributed by atoms with Gasteiger partial charge in [-0.25, -0.2) is 4.79 Å². The van der Waals surface area contributed by atoms with Crippen LogP contribution in [0.4, 0.5) is 0 Å². The smallest absolute Gasteiger partial charge is 0.185 e. The van der Waals surface area contributed by atoms with E-state index in [0.717, 1.165) is 25.7 Å². The summed E-state index contributed by atoms with van der Waals surface area (Å²) in [6, 6.07) is 0. The van der Waals surface area contributed by atoms with Gasteiger partial charge in [-0.15, -0.1) is 0 Å². The number of ketones is 1. The molecular formula is C13H24O3Si. The van der Waals surface area contributed by atoms with Crippen molar-refractivity contribution in [3.05, 3.63) is 6.08 Å². The van der Waals surface area contributed by atoms with Crippen LogP contribution in [0, 0.1) is 0 Å². The molecule has 0 aromatic heterocycles. The monoisotopic (exact) mass is 256 g/mol. The summed E-state index contributed by atoms with van der Waals surface area (Å²) in [5, 5.41) is 0. The van der Waals surface area contributed by atoms with Gasteiger partial charge in [-0.2, -0.15) is 0 Å². The van der Waals surface area contributed by atoms with Crippen molar-refractivity contribution in [1.29, 1.82) is 0 Å². The lowest BCUT2D eigenvalue weighted by Gasteiger charge is -2.22. The van der Waals surface area contributed by atoms with E-state index >= 15 is 0 Å². The molecule has 0 heterocycles. The van der Waals surface area contributed by atoms with E-state index in [0.29, 0.717) is 6.42 Å². The molecule has 0 aliphatic heterocycles. The Kier molecular flexibility index (Phi) is 8.05. The van der Waals surface area contributed by atoms with Crippen LogP contribution in [0.15, 0.2) is 6.08 Å². The van der Waals surface area contributed by atoms with Crippen molar-refractivity contribution in [3.63, 3.8) is 0 Å². The highest BCUT2D eigenvalue weighted by Crippen LogP contribution is 2.12. The number of carbonyl (C=O) groups is 1. The van der Waals surface area contributed by atoms with Crippen LogP contribution in [0.1, 0.15) is 39.0 Å². The number of hydrogen-bond donors (Lipinski definition) is 0. The molecule has 0 aromatic rings. The van der Waals surface area contributed by atoms with Crippen LogP contribution in [-0.2, 0) is 14.0 Å². The highest BCUT2D eigenvalue weighted by atomic mass is 28.4. The van der Waals surface area contributed by atoms with E-state index in [-0.39, 0.29) is 5.78 Å². The van der Waals surface area contributed by atoms with Gasteiger partial charge in [-0.1, -0.05) is 26.2 Å². The zero-order valence-corrected chi connectivity index (χ0v) is 12.4. The highest BCUT2D eigenvalue weighted by molar-refractivity contribution is 6.69. The normalized spacial score (nSPS) is 12.9. The predicted octanol–water partition coefficient (Wildman–Crippen LogP) is 3.13. The summed E-state index contributed by atoms with van der Waals surface area (Å²) in [4.78, 5) is 22.2. The largest absolute Gasteiger partial charge is 0.404 e. The fraction of sp³-hybridized carbons (Fsp3) is 0.769. The average Bonchev–Trinajstić information content (AvgIpc) is 2.21. The topological polar surface area (TPSA) is 43.4 Å². The van der Waals surface area contributed by atoms with Crippen LogP contribution in [0.5, 0.6) is 0 Å². The molecule has 0 spiro atoms. The minimum Gasteiger partial charge on any atom is -0.404 e. The van der Waals surface area contributed by atoms with Gasteiger partial charge in [0.2, 0.25) is 0 Å². The lowest BCUT2D eigenvalue weighted by molar-refractivity contribution is -0.124. The Labute approximate surface area is 105 Å². The summed E-state index contributed by atoms with van der Waals surface area (Å²) in [5.41, 5.74) is 0. The van der Waals surface area contributed by atoms with Crippen molar-refractivity contribution >= 4 is 20.0 Å². The van der Waals surface area contributed by atoms with Crippen LogP contribution in [-0.4, -0.2) is 26.1 Å². The second-order valence-corrected chi connectivity index (χ2v) is 9.67. The Morgan fingerprint density at radius 3 is 2.41 bits per heavy atom. The third kappa shape index (κ3) is 9.04. The first-order chi connectivity index (χ1) is 7.90. The SMILES string of the molecule is CCCCCCC(=O)C(C=C=O)O[Si](C)(C)C. The summed E-state index contributed by atoms with van der Waals surface area (Å²) >= 11 is 0. The van der Waals surface area contributed by atoms with E-state index in [4.69, 9.17) is 4.43 Å². The summed E-state index contributed by atoms with van der Waals surface area (Å²) in [7, 11) is -1.81. The first-order valence-electron chi connectivity index (χ1n) is 6.32. The van der Waals surface area contributed by atoms with E-state index in [1.54, 1.807) is 5.94 Å². The maximum absolute atomic E-state index is 11.9. The van der Waals surface area contributed by atoms with E-state index in [9.17, 15) is 9.59 Å². The molecule has 0 aliphatic rings. The van der Waals surface area contributed by atoms with Crippen LogP contribution >= 0.6 is 0 Å².